The van der Waals surface area contributed by atoms with Crippen LogP contribution in [0, 0.1) is 0 Å². The van der Waals surface area contributed by atoms with E-state index in [2.05, 4.69) is 36.1 Å². The standard InChI is InChI=1S/C29H27N3O4S/c1-29(2,3)18-8-6-17(7-9-18)27(33)32-28-31-21-11-10-19(14-26(21)37-28)36-23-12-13-30-22-16-25(35-5)24(34-4)15-20(22)23/h6-16H,1-5H3,(H,31,32,33). The van der Waals surface area contributed by atoms with Gasteiger partial charge in [0.05, 0.1) is 30.0 Å². The Balaban J connectivity index is 1.37. The molecule has 0 bridgehead atoms. The highest BCUT2D eigenvalue weighted by molar-refractivity contribution is 7.22. The van der Waals surface area contributed by atoms with Gasteiger partial charge in [0, 0.05) is 29.3 Å². The SMILES string of the molecule is COc1cc2nccc(Oc3ccc4nc(NC(=O)c5ccc(C(C)(C)C)cc5)sc4c3)c2cc1OC. The van der Waals surface area contributed by atoms with Crippen molar-refractivity contribution >= 4 is 43.5 Å². The number of thiazole rings is 1. The molecule has 0 aliphatic heterocycles. The fraction of sp³-hybridized carbons (Fsp3) is 0.207. The highest BCUT2D eigenvalue weighted by Gasteiger charge is 2.16. The quantitative estimate of drug-likeness (QED) is 0.258. The predicted octanol–water partition coefficient (Wildman–Crippen LogP) is 7.20. The molecule has 0 saturated heterocycles. The molecule has 5 rings (SSSR count). The van der Waals surface area contributed by atoms with E-state index >= 15 is 0 Å². The number of nitrogens with one attached hydrogen (secondary N) is 1. The molecule has 1 N–H and O–H groups in total. The van der Waals surface area contributed by atoms with Gasteiger partial charge in [-0.2, -0.15) is 0 Å². The number of carbonyl (C=O) groups excluding carboxylic acids is 1. The predicted molar refractivity (Wildman–Crippen MR) is 148 cm³/mol. The monoisotopic (exact) mass is 513 g/mol. The molecule has 0 fully saturated rings. The Morgan fingerprint density at radius 1 is 0.865 bits per heavy atom. The summed E-state index contributed by atoms with van der Waals surface area (Å²) in [5.74, 6) is 2.30. The number of ether oxygens (including phenoxy) is 3. The van der Waals surface area contributed by atoms with Crippen molar-refractivity contribution in [2.24, 2.45) is 0 Å². The number of nitrogens with zero attached hydrogens (tertiary/aromatic N) is 2. The molecule has 0 aliphatic carbocycles. The van der Waals surface area contributed by atoms with Gasteiger partial charge in [0.25, 0.3) is 5.91 Å². The summed E-state index contributed by atoms with van der Waals surface area (Å²) >= 11 is 1.40. The van der Waals surface area contributed by atoms with E-state index in [1.54, 1.807) is 20.4 Å². The zero-order valence-electron chi connectivity index (χ0n) is 21.3. The summed E-state index contributed by atoms with van der Waals surface area (Å²) in [5, 5.41) is 4.25. The second-order valence-electron chi connectivity index (χ2n) is 9.57. The number of aromatic nitrogens is 2. The lowest BCUT2D eigenvalue weighted by molar-refractivity contribution is 0.102. The van der Waals surface area contributed by atoms with Crippen molar-refractivity contribution in [1.82, 2.24) is 9.97 Å². The van der Waals surface area contributed by atoms with Crippen molar-refractivity contribution in [1.29, 1.82) is 0 Å². The van der Waals surface area contributed by atoms with Gasteiger partial charge in [0.15, 0.2) is 16.6 Å². The first-order chi connectivity index (χ1) is 17.7. The molecule has 3 aromatic carbocycles. The molecule has 2 heterocycles. The van der Waals surface area contributed by atoms with Crippen LogP contribution in [0.2, 0.25) is 0 Å². The Labute approximate surface area is 219 Å². The lowest BCUT2D eigenvalue weighted by Gasteiger charge is -2.18. The Morgan fingerprint density at radius 3 is 2.30 bits per heavy atom. The molecule has 0 radical (unpaired) electrons. The Hall–Kier alpha value is -4.17. The number of rotatable bonds is 6. The van der Waals surface area contributed by atoms with Crippen molar-refractivity contribution in [3.8, 4) is 23.0 Å². The van der Waals surface area contributed by atoms with Crippen LogP contribution in [0.15, 0.2) is 66.9 Å². The summed E-state index contributed by atoms with van der Waals surface area (Å²) in [7, 11) is 3.18. The van der Waals surface area contributed by atoms with Crippen molar-refractivity contribution in [3.63, 3.8) is 0 Å². The third-order valence-corrected chi connectivity index (χ3v) is 6.96. The van der Waals surface area contributed by atoms with Crippen LogP contribution in [0.3, 0.4) is 0 Å². The first-order valence-electron chi connectivity index (χ1n) is 11.8. The minimum atomic E-state index is -0.191. The number of methoxy groups -OCH3 is 2. The van der Waals surface area contributed by atoms with E-state index in [1.807, 2.05) is 60.7 Å². The van der Waals surface area contributed by atoms with Crippen LogP contribution in [-0.2, 0) is 5.41 Å². The van der Waals surface area contributed by atoms with Gasteiger partial charge < -0.3 is 14.2 Å². The number of hydrogen-bond donors (Lipinski definition) is 1. The van der Waals surface area contributed by atoms with E-state index in [4.69, 9.17) is 14.2 Å². The Bertz CT molecular complexity index is 1600. The molecular weight excluding hydrogens is 486 g/mol. The number of benzene rings is 3. The average molecular weight is 514 g/mol. The molecule has 1 amide bonds. The van der Waals surface area contributed by atoms with Crippen LogP contribution in [-0.4, -0.2) is 30.1 Å². The highest BCUT2D eigenvalue weighted by atomic mass is 32.1. The van der Waals surface area contributed by atoms with Gasteiger partial charge in [-0.25, -0.2) is 4.98 Å². The molecular formula is C29H27N3O4S. The molecule has 0 unspecified atom stereocenters. The second-order valence-corrected chi connectivity index (χ2v) is 10.6. The van der Waals surface area contributed by atoms with Gasteiger partial charge in [0.2, 0.25) is 0 Å². The van der Waals surface area contributed by atoms with Gasteiger partial charge >= 0.3 is 0 Å². The average Bonchev–Trinajstić information content (AvgIpc) is 3.29. The first kappa shape index (κ1) is 24.5. The fourth-order valence-electron chi connectivity index (χ4n) is 3.98. The summed E-state index contributed by atoms with van der Waals surface area (Å²) in [6.45, 7) is 6.44. The summed E-state index contributed by atoms with van der Waals surface area (Å²) in [6, 6.07) is 18.8. The van der Waals surface area contributed by atoms with Crippen LogP contribution in [0.4, 0.5) is 5.13 Å². The van der Waals surface area contributed by atoms with Crippen molar-refractivity contribution < 1.29 is 19.0 Å². The number of amides is 1. The Morgan fingerprint density at radius 2 is 1.59 bits per heavy atom. The maximum atomic E-state index is 12.8. The smallest absolute Gasteiger partial charge is 0.257 e. The molecule has 0 aliphatic rings. The zero-order valence-corrected chi connectivity index (χ0v) is 22.1. The Kier molecular flexibility index (Phi) is 6.43. The van der Waals surface area contributed by atoms with Crippen LogP contribution in [0.25, 0.3) is 21.1 Å². The van der Waals surface area contributed by atoms with Gasteiger partial charge in [-0.15, -0.1) is 0 Å². The third-order valence-electron chi connectivity index (χ3n) is 6.03. The van der Waals surface area contributed by atoms with E-state index in [9.17, 15) is 4.79 Å². The topological polar surface area (TPSA) is 82.6 Å². The maximum Gasteiger partial charge on any atom is 0.257 e. The van der Waals surface area contributed by atoms with E-state index < -0.39 is 0 Å². The van der Waals surface area contributed by atoms with E-state index in [-0.39, 0.29) is 11.3 Å². The number of fused-ring (bicyclic) bond motifs is 2. The van der Waals surface area contributed by atoms with E-state index in [0.717, 1.165) is 21.1 Å². The zero-order chi connectivity index (χ0) is 26.2. The fourth-order valence-corrected chi connectivity index (χ4v) is 4.87. The lowest BCUT2D eigenvalue weighted by atomic mass is 9.87. The number of hydrogen-bond acceptors (Lipinski definition) is 7. The molecule has 0 spiro atoms. The van der Waals surface area contributed by atoms with Crippen LogP contribution < -0.4 is 19.5 Å². The van der Waals surface area contributed by atoms with Gasteiger partial charge in [-0.1, -0.05) is 44.2 Å². The van der Waals surface area contributed by atoms with Crippen molar-refractivity contribution in [2.45, 2.75) is 26.2 Å². The maximum absolute atomic E-state index is 12.8. The largest absolute Gasteiger partial charge is 0.493 e. The summed E-state index contributed by atoms with van der Waals surface area (Å²) in [4.78, 5) is 21.8. The third kappa shape index (κ3) is 5.06. The van der Waals surface area contributed by atoms with Crippen LogP contribution in [0.5, 0.6) is 23.0 Å². The molecule has 2 aromatic heterocycles. The minimum absolute atomic E-state index is 0.0311. The highest BCUT2D eigenvalue weighted by Crippen LogP contribution is 2.38. The van der Waals surface area contributed by atoms with Gasteiger partial charge in [-0.3, -0.25) is 15.1 Å². The van der Waals surface area contributed by atoms with Gasteiger partial charge in [0.1, 0.15) is 11.5 Å². The van der Waals surface area contributed by atoms with Gasteiger partial charge in [-0.05, 0) is 47.4 Å². The van der Waals surface area contributed by atoms with E-state index in [1.165, 1.54) is 16.9 Å². The summed E-state index contributed by atoms with van der Waals surface area (Å²) in [5.41, 5.74) is 3.31. The molecule has 8 heteroatoms. The molecule has 5 aromatic rings. The second kappa shape index (κ2) is 9.71. The lowest BCUT2D eigenvalue weighted by Crippen LogP contribution is -2.14. The van der Waals surface area contributed by atoms with E-state index in [0.29, 0.717) is 33.7 Å². The normalized spacial score (nSPS) is 11.5. The number of anilines is 1. The first-order valence-corrected chi connectivity index (χ1v) is 12.6. The molecule has 7 nitrogen and oxygen atoms in total. The van der Waals surface area contributed by atoms with Crippen LogP contribution >= 0.6 is 11.3 Å². The number of pyridine rings is 1. The molecule has 0 atom stereocenters. The van der Waals surface area contributed by atoms with Crippen molar-refractivity contribution in [2.75, 3.05) is 19.5 Å². The van der Waals surface area contributed by atoms with Crippen LogP contribution in [0.1, 0.15) is 36.7 Å². The van der Waals surface area contributed by atoms with Crippen molar-refractivity contribution in [3.05, 3.63) is 78.0 Å². The molecule has 188 valence electrons. The minimum Gasteiger partial charge on any atom is -0.493 e. The number of carbonyl (C=O) groups is 1. The summed E-state index contributed by atoms with van der Waals surface area (Å²) in [6.07, 6.45) is 1.69. The summed E-state index contributed by atoms with van der Waals surface area (Å²) < 4.78 is 18.0. The molecule has 0 saturated carbocycles. The molecule has 37 heavy (non-hydrogen) atoms.